The monoisotopic (exact) mass is 1250 g/mol. The number of fused-ring (bicyclic) bond motifs is 7. The van der Waals surface area contributed by atoms with Crippen molar-refractivity contribution in [2.24, 2.45) is 0 Å². The van der Waals surface area contributed by atoms with E-state index in [-0.39, 0.29) is 44.6 Å². The van der Waals surface area contributed by atoms with E-state index in [9.17, 15) is 0 Å². The molecule has 0 N–H and O–H groups in total. The van der Waals surface area contributed by atoms with Gasteiger partial charge >= 0.3 is 0 Å². The molecule has 0 bridgehead atoms. The lowest BCUT2D eigenvalue weighted by Gasteiger charge is -2.46. The SMILES string of the molecule is CC(C)(C)c1ccc(N(c2ccc(C(C)(C)C)cc2)c2cc3c4c(c2)N(c2cc(N(c5ccc(C(C)(C)C)cc5)c5ccc(C(C)(C)C)cc5)c5c(c2)sc2ccccc25)c2ccc(C(C)(C)C)cc2B4c2cc(C(C)(C)C)ccc2N3c2ccc(C(C)(C)C)cc2)cc1. The number of anilines is 12. The van der Waals surface area contributed by atoms with Crippen molar-refractivity contribution in [2.45, 2.75) is 183 Å². The molecule has 10 aromatic carbocycles. The van der Waals surface area contributed by atoms with Crippen LogP contribution in [0.3, 0.4) is 0 Å². The maximum Gasteiger partial charge on any atom is 0.252 e. The van der Waals surface area contributed by atoms with Crippen LogP contribution in [0, 0.1) is 0 Å². The van der Waals surface area contributed by atoms with Crippen LogP contribution in [0.4, 0.5) is 68.2 Å². The lowest BCUT2D eigenvalue weighted by atomic mass is 9.33. The van der Waals surface area contributed by atoms with Crippen molar-refractivity contribution in [1.29, 1.82) is 0 Å². The minimum absolute atomic E-state index is 0.0177. The highest BCUT2D eigenvalue weighted by Crippen LogP contribution is 2.53. The summed E-state index contributed by atoms with van der Waals surface area (Å²) in [7, 11) is 0. The average molecular weight is 1250 g/mol. The Bertz CT molecular complexity index is 4560. The molecule has 13 rings (SSSR count). The number of benzene rings is 10. The highest BCUT2D eigenvalue weighted by atomic mass is 32.1. The summed E-state index contributed by atoms with van der Waals surface area (Å²) < 4.78 is 2.50. The van der Waals surface area contributed by atoms with Gasteiger partial charge in [0.05, 0.1) is 11.4 Å². The third-order valence-electron chi connectivity index (χ3n) is 19.9. The molecule has 2 aliphatic heterocycles. The Morgan fingerprint density at radius 3 is 1.01 bits per heavy atom. The molecule has 0 radical (unpaired) electrons. The fourth-order valence-corrected chi connectivity index (χ4v) is 15.3. The van der Waals surface area contributed by atoms with Gasteiger partial charge in [0.1, 0.15) is 0 Å². The van der Waals surface area contributed by atoms with Crippen LogP contribution < -0.4 is 36.0 Å². The van der Waals surface area contributed by atoms with Crippen LogP contribution in [-0.4, -0.2) is 6.71 Å². The Hall–Kier alpha value is -8.32. The lowest BCUT2D eigenvalue weighted by molar-refractivity contribution is 0.590. The first kappa shape index (κ1) is 64.4. The molecule has 1 aromatic heterocycles. The smallest absolute Gasteiger partial charge is 0.252 e. The van der Waals surface area contributed by atoms with Crippen LogP contribution >= 0.6 is 11.3 Å². The molecule has 0 unspecified atom stereocenters. The summed E-state index contributed by atoms with van der Waals surface area (Å²) in [6.45, 7) is 48.7. The van der Waals surface area contributed by atoms with Gasteiger partial charge in [-0.1, -0.05) is 249 Å². The predicted molar refractivity (Wildman–Crippen MR) is 414 cm³/mol. The van der Waals surface area contributed by atoms with E-state index in [1.807, 2.05) is 11.3 Å². The van der Waals surface area contributed by atoms with E-state index in [2.05, 4.69) is 371 Å². The minimum atomic E-state index is -0.126. The zero-order valence-corrected chi connectivity index (χ0v) is 60.7. The first-order chi connectivity index (χ1) is 44.0. The van der Waals surface area contributed by atoms with Crippen molar-refractivity contribution < 1.29 is 0 Å². The summed E-state index contributed by atoms with van der Waals surface area (Å²) in [5, 5.41) is 2.50. The number of hydrogen-bond acceptors (Lipinski definition) is 5. The number of nitrogens with zero attached hydrogens (tertiary/aromatic N) is 4. The predicted octanol–water partition coefficient (Wildman–Crippen LogP) is 24.2. The van der Waals surface area contributed by atoms with Gasteiger partial charge in [-0.2, -0.15) is 0 Å². The third-order valence-corrected chi connectivity index (χ3v) is 21.1. The largest absolute Gasteiger partial charge is 0.311 e. The molecule has 94 heavy (non-hydrogen) atoms. The van der Waals surface area contributed by atoms with Crippen LogP contribution in [0.2, 0.25) is 0 Å². The Morgan fingerprint density at radius 2 is 0.628 bits per heavy atom. The molecule has 2 aliphatic rings. The minimum Gasteiger partial charge on any atom is -0.311 e. The van der Waals surface area contributed by atoms with Gasteiger partial charge in [-0.05, 0) is 196 Å². The summed E-state index contributed by atoms with van der Waals surface area (Å²) in [5.74, 6) is 0. The maximum absolute atomic E-state index is 2.67. The van der Waals surface area contributed by atoms with Gasteiger partial charge in [-0.15, -0.1) is 11.3 Å². The zero-order chi connectivity index (χ0) is 67.1. The molecule has 0 saturated heterocycles. The second-order valence-electron chi connectivity index (χ2n) is 34.1. The van der Waals surface area contributed by atoms with Crippen LogP contribution in [-0.2, 0) is 37.9 Å². The van der Waals surface area contributed by atoms with Crippen molar-refractivity contribution in [3.8, 4) is 0 Å². The Labute approximate surface area is 567 Å². The summed E-state index contributed by atoms with van der Waals surface area (Å²) in [6, 6.07) is 81.0. The molecule has 478 valence electrons. The summed E-state index contributed by atoms with van der Waals surface area (Å²) in [6.07, 6.45) is 0. The van der Waals surface area contributed by atoms with E-state index in [0.717, 1.165) is 51.2 Å². The van der Waals surface area contributed by atoms with E-state index >= 15 is 0 Å². The highest BCUT2D eigenvalue weighted by molar-refractivity contribution is 7.26. The molecule has 0 aliphatic carbocycles. The van der Waals surface area contributed by atoms with Crippen molar-refractivity contribution in [3.05, 3.63) is 245 Å². The molecule has 6 heteroatoms. The van der Waals surface area contributed by atoms with Crippen molar-refractivity contribution in [2.75, 3.05) is 19.6 Å². The van der Waals surface area contributed by atoms with E-state index in [4.69, 9.17) is 0 Å². The fourth-order valence-electron chi connectivity index (χ4n) is 14.2. The van der Waals surface area contributed by atoms with Gasteiger partial charge in [-0.3, -0.25) is 0 Å². The molecule has 0 saturated carbocycles. The van der Waals surface area contributed by atoms with Crippen molar-refractivity contribution in [3.63, 3.8) is 0 Å². The highest BCUT2D eigenvalue weighted by Gasteiger charge is 2.45. The number of thiophene rings is 1. The summed E-state index contributed by atoms with van der Waals surface area (Å²) in [4.78, 5) is 10.3. The van der Waals surface area contributed by atoms with Gasteiger partial charge in [-0.25, -0.2) is 0 Å². The summed E-state index contributed by atoms with van der Waals surface area (Å²) >= 11 is 1.89. The molecule has 4 nitrogen and oxygen atoms in total. The second kappa shape index (κ2) is 22.7. The van der Waals surface area contributed by atoms with Crippen LogP contribution in [0.15, 0.2) is 206 Å². The molecule has 0 amide bonds. The summed E-state index contributed by atoms with van der Waals surface area (Å²) in [5.41, 5.74) is 26.3. The Morgan fingerprint density at radius 1 is 0.287 bits per heavy atom. The van der Waals surface area contributed by atoms with Crippen LogP contribution in [0.25, 0.3) is 20.2 Å². The van der Waals surface area contributed by atoms with E-state index in [0.29, 0.717) is 0 Å². The van der Waals surface area contributed by atoms with Gasteiger partial charge in [0, 0.05) is 77.0 Å². The van der Waals surface area contributed by atoms with E-state index in [1.54, 1.807) is 0 Å². The zero-order valence-electron chi connectivity index (χ0n) is 59.9. The van der Waals surface area contributed by atoms with E-state index < -0.39 is 0 Å². The average Bonchev–Trinajstić information content (AvgIpc) is 0.723. The molecule has 0 fully saturated rings. The number of hydrogen-bond donors (Lipinski definition) is 0. The normalized spacial score (nSPS) is 13.7. The van der Waals surface area contributed by atoms with E-state index in [1.165, 1.54) is 92.6 Å². The quantitative estimate of drug-likeness (QED) is 0.141. The van der Waals surface area contributed by atoms with Gasteiger partial charge in [0.15, 0.2) is 0 Å². The van der Waals surface area contributed by atoms with Gasteiger partial charge in [0.25, 0.3) is 6.71 Å². The molecule has 11 aromatic rings. The molecular formula is C88H97BN4S. The molecule has 3 heterocycles. The first-order valence-electron chi connectivity index (χ1n) is 34.2. The van der Waals surface area contributed by atoms with Crippen LogP contribution in [0.5, 0.6) is 0 Å². The van der Waals surface area contributed by atoms with Crippen molar-refractivity contribution in [1.82, 2.24) is 0 Å². The Kier molecular flexibility index (Phi) is 15.5. The van der Waals surface area contributed by atoms with Crippen LogP contribution in [0.1, 0.15) is 184 Å². The standard InChI is InChI=1S/C88H97BN4S/c1-82(2,3)56-26-38-63(39-27-56)90(64-40-28-57(29-41-64)83(4,5)6)68-53-76-81-77(54-68)93(74-49-37-62(88(19,20)21)51-72(74)89(81)71-50-61(87(16,17)18)36-48-73(71)92(76)67-46-34-60(35-47-67)86(13,14)15)69-52-75(80-70-24-22-23-25-78(70)94-79(80)55-69)91(65-42-30-58(31-43-65)84(7,8)9)66-44-32-59(33-45-66)85(10,11)12/h22-55H,1-21H3. The van der Waals surface area contributed by atoms with Gasteiger partial charge in [0.2, 0.25) is 0 Å². The fraction of sp³-hybridized carbons (Fsp3) is 0.318. The topological polar surface area (TPSA) is 13.0 Å². The number of rotatable bonds is 8. The second-order valence-corrected chi connectivity index (χ2v) is 35.2. The van der Waals surface area contributed by atoms with Gasteiger partial charge < -0.3 is 19.6 Å². The molecule has 0 atom stereocenters. The molecule has 0 spiro atoms. The first-order valence-corrected chi connectivity index (χ1v) is 35.0. The molecular weight excluding hydrogens is 1160 g/mol. The Balaban J connectivity index is 1.18. The maximum atomic E-state index is 2.67. The third kappa shape index (κ3) is 11.7. The van der Waals surface area contributed by atoms with Crippen molar-refractivity contribution >= 4 is 123 Å². The lowest BCUT2D eigenvalue weighted by Crippen LogP contribution is -2.61.